The molecule has 4 aromatic rings. The van der Waals surface area contributed by atoms with Crippen LogP contribution in [0, 0.1) is 0 Å². The van der Waals surface area contributed by atoms with E-state index in [1.54, 1.807) is 24.3 Å². The maximum absolute atomic E-state index is 12.5. The lowest BCUT2D eigenvalue weighted by molar-refractivity contribution is 0.0600. The molecule has 0 bridgehead atoms. The molecule has 0 aliphatic heterocycles. The Hall–Kier alpha value is -5.00. The van der Waals surface area contributed by atoms with Crippen LogP contribution in [-0.2, 0) is 41.7 Å². The van der Waals surface area contributed by atoms with E-state index in [9.17, 15) is 30.0 Å². The SMILES string of the molecule is COC(=O)c1ccc(COc2ccc(-c3c(OC)cc(-c4ccc(OS(C)(=O)=O)cc4)c(OC)c3OS(C)(=O)=O)cc2OS(C)(=O)=O)cc1. The van der Waals surface area contributed by atoms with Crippen molar-refractivity contribution in [1.82, 2.24) is 0 Å². The summed E-state index contributed by atoms with van der Waals surface area (Å²) in [5, 5.41) is 0. The van der Waals surface area contributed by atoms with E-state index in [2.05, 4.69) is 0 Å². The van der Waals surface area contributed by atoms with Gasteiger partial charge in [0.25, 0.3) is 0 Å². The van der Waals surface area contributed by atoms with Gasteiger partial charge in [-0.15, -0.1) is 0 Å². The van der Waals surface area contributed by atoms with E-state index in [0.717, 1.165) is 18.8 Å². The van der Waals surface area contributed by atoms with Crippen LogP contribution in [0.2, 0.25) is 0 Å². The first-order valence-corrected chi connectivity index (χ1v) is 19.4. The summed E-state index contributed by atoms with van der Waals surface area (Å²) in [6, 6.07) is 18.0. The molecule has 49 heavy (non-hydrogen) atoms. The predicted octanol–water partition coefficient (Wildman–Crippen LogP) is 4.42. The molecule has 262 valence electrons. The third-order valence-corrected chi connectivity index (χ3v) is 7.96. The number of hydrogen-bond acceptors (Lipinski definition) is 14. The van der Waals surface area contributed by atoms with Crippen molar-refractivity contribution in [1.29, 1.82) is 0 Å². The molecule has 0 saturated heterocycles. The molecular weight excluding hydrogens is 705 g/mol. The van der Waals surface area contributed by atoms with Crippen molar-refractivity contribution in [2.75, 3.05) is 40.1 Å². The van der Waals surface area contributed by atoms with Gasteiger partial charge >= 0.3 is 36.3 Å². The Kier molecular flexibility index (Phi) is 11.0. The third-order valence-electron chi connectivity index (χ3n) is 6.51. The van der Waals surface area contributed by atoms with Crippen LogP contribution in [0.3, 0.4) is 0 Å². The first kappa shape index (κ1) is 36.8. The number of esters is 1. The van der Waals surface area contributed by atoms with Crippen LogP contribution in [0.15, 0.2) is 72.8 Å². The molecule has 0 spiro atoms. The maximum atomic E-state index is 12.5. The number of ether oxygens (including phenoxy) is 4. The molecule has 4 aromatic carbocycles. The van der Waals surface area contributed by atoms with Crippen molar-refractivity contribution < 1.29 is 61.5 Å². The molecule has 0 amide bonds. The van der Waals surface area contributed by atoms with Crippen LogP contribution in [0.25, 0.3) is 22.3 Å². The summed E-state index contributed by atoms with van der Waals surface area (Å²) in [6.07, 6.45) is 2.58. The zero-order valence-corrected chi connectivity index (χ0v) is 29.5. The minimum atomic E-state index is -4.19. The lowest BCUT2D eigenvalue weighted by Gasteiger charge is -2.21. The van der Waals surface area contributed by atoms with Gasteiger partial charge in [-0.05, 0) is 59.2 Å². The fraction of sp³-hybridized carbons (Fsp3) is 0.219. The normalized spacial score (nSPS) is 11.7. The van der Waals surface area contributed by atoms with E-state index in [0.29, 0.717) is 22.3 Å². The van der Waals surface area contributed by atoms with Crippen molar-refractivity contribution in [3.8, 4) is 56.8 Å². The number of carbonyl (C=O) groups excluding carboxylic acids is 1. The minimum absolute atomic E-state index is 0.0238. The Morgan fingerprint density at radius 2 is 1.18 bits per heavy atom. The fourth-order valence-electron chi connectivity index (χ4n) is 4.59. The van der Waals surface area contributed by atoms with Crippen molar-refractivity contribution in [2.45, 2.75) is 6.61 Å². The van der Waals surface area contributed by atoms with E-state index in [1.165, 1.54) is 69.9 Å². The van der Waals surface area contributed by atoms with Crippen LogP contribution in [0.4, 0.5) is 0 Å². The second-order valence-electron chi connectivity index (χ2n) is 10.4. The monoisotopic (exact) mass is 736 g/mol. The topological polar surface area (TPSA) is 184 Å². The van der Waals surface area contributed by atoms with E-state index in [4.69, 9.17) is 31.5 Å². The lowest BCUT2D eigenvalue weighted by atomic mass is 9.96. The number of methoxy groups -OCH3 is 3. The number of carbonyl (C=O) groups is 1. The van der Waals surface area contributed by atoms with Crippen LogP contribution in [0.5, 0.6) is 34.5 Å². The summed E-state index contributed by atoms with van der Waals surface area (Å²) in [5.74, 6) is -0.919. The van der Waals surface area contributed by atoms with Gasteiger partial charge in [0.2, 0.25) is 0 Å². The Morgan fingerprint density at radius 1 is 0.592 bits per heavy atom. The summed E-state index contributed by atoms with van der Waals surface area (Å²) < 4.78 is 110. The highest BCUT2D eigenvalue weighted by atomic mass is 32.2. The molecule has 0 heterocycles. The van der Waals surface area contributed by atoms with Crippen LogP contribution < -0.4 is 26.8 Å². The zero-order chi connectivity index (χ0) is 36.1. The van der Waals surface area contributed by atoms with Gasteiger partial charge in [-0.25, -0.2) is 4.79 Å². The second-order valence-corrected chi connectivity index (χ2v) is 15.1. The van der Waals surface area contributed by atoms with Gasteiger partial charge in [-0.1, -0.05) is 30.3 Å². The van der Waals surface area contributed by atoms with Gasteiger partial charge in [0, 0.05) is 5.56 Å². The van der Waals surface area contributed by atoms with Crippen molar-refractivity contribution >= 4 is 36.3 Å². The molecule has 0 saturated carbocycles. The van der Waals surface area contributed by atoms with Gasteiger partial charge < -0.3 is 31.5 Å². The predicted molar refractivity (Wildman–Crippen MR) is 179 cm³/mol. The maximum Gasteiger partial charge on any atom is 0.337 e. The van der Waals surface area contributed by atoms with Gasteiger partial charge in [0.1, 0.15) is 18.1 Å². The summed E-state index contributed by atoms with van der Waals surface area (Å²) >= 11 is 0. The Labute approximate surface area is 284 Å². The highest BCUT2D eigenvalue weighted by molar-refractivity contribution is 7.86. The Morgan fingerprint density at radius 3 is 1.71 bits per heavy atom. The molecule has 0 fully saturated rings. The number of rotatable bonds is 14. The van der Waals surface area contributed by atoms with Crippen molar-refractivity contribution in [3.63, 3.8) is 0 Å². The van der Waals surface area contributed by atoms with Crippen molar-refractivity contribution in [3.05, 3.63) is 83.9 Å². The van der Waals surface area contributed by atoms with E-state index in [1.807, 2.05) is 0 Å². The average Bonchev–Trinajstić information content (AvgIpc) is 3.01. The number of benzene rings is 4. The minimum Gasteiger partial charge on any atom is -0.496 e. The van der Waals surface area contributed by atoms with Gasteiger partial charge in [0.05, 0.1) is 51.2 Å². The quantitative estimate of drug-likeness (QED) is 0.131. The van der Waals surface area contributed by atoms with E-state index in [-0.39, 0.29) is 52.2 Å². The van der Waals surface area contributed by atoms with Crippen molar-refractivity contribution in [2.24, 2.45) is 0 Å². The standard InChI is InChI=1S/C32H32O14S3/c1-40-28-18-25(21-11-14-24(15-12-21)44-47(4,34)35)30(41-2)31(46-49(6,38)39)29(28)23-13-16-26(27(17-23)45-48(5,36)37)43-19-20-7-9-22(10-8-20)32(33)42-3/h7-18H,19H2,1-6H3. The molecule has 0 N–H and O–H groups in total. The average molecular weight is 737 g/mol. The summed E-state index contributed by atoms with van der Waals surface area (Å²) in [4.78, 5) is 11.8. The van der Waals surface area contributed by atoms with E-state index >= 15 is 0 Å². The van der Waals surface area contributed by atoms with Gasteiger partial charge in [-0.3, -0.25) is 0 Å². The molecule has 0 atom stereocenters. The molecule has 0 aromatic heterocycles. The fourth-order valence-corrected chi connectivity index (χ4v) is 5.97. The van der Waals surface area contributed by atoms with Gasteiger partial charge in [0.15, 0.2) is 23.0 Å². The molecule has 17 heteroatoms. The second kappa shape index (κ2) is 14.6. The summed E-state index contributed by atoms with van der Waals surface area (Å²) in [5.41, 5.74) is 1.99. The van der Waals surface area contributed by atoms with Crippen LogP contribution in [0.1, 0.15) is 15.9 Å². The summed E-state index contributed by atoms with van der Waals surface area (Å²) in [6.45, 7) is -0.0385. The zero-order valence-electron chi connectivity index (χ0n) is 27.1. The molecular formula is C32H32O14S3. The molecule has 0 unspecified atom stereocenters. The highest BCUT2D eigenvalue weighted by Crippen LogP contribution is 2.52. The summed E-state index contributed by atoms with van der Waals surface area (Å²) in [7, 11) is -8.18. The van der Waals surface area contributed by atoms with E-state index < -0.39 is 36.3 Å². The number of hydrogen-bond donors (Lipinski definition) is 0. The Balaban J connectivity index is 1.85. The first-order valence-electron chi connectivity index (χ1n) is 13.9. The van der Waals surface area contributed by atoms with Crippen LogP contribution >= 0.6 is 0 Å². The molecule has 4 rings (SSSR count). The Bertz CT molecular complexity index is 2180. The lowest BCUT2D eigenvalue weighted by Crippen LogP contribution is -2.10. The van der Waals surface area contributed by atoms with Crippen LogP contribution in [-0.4, -0.2) is 71.3 Å². The molecule has 0 aliphatic rings. The highest BCUT2D eigenvalue weighted by Gasteiger charge is 2.27. The van der Waals surface area contributed by atoms with Gasteiger partial charge in [-0.2, -0.15) is 25.3 Å². The molecule has 0 radical (unpaired) electrons. The third kappa shape index (κ3) is 9.77. The smallest absolute Gasteiger partial charge is 0.337 e. The molecule has 0 aliphatic carbocycles. The largest absolute Gasteiger partial charge is 0.496 e. The first-order chi connectivity index (χ1) is 22.9. The molecule has 14 nitrogen and oxygen atoms in total.